The van der Waals surface area contributed by atoms with E-state index in [0.29, 0.717) is 5.56 Å². The average Bonchev–Trinajstić information content (AvgIpc) is 2.63. The van der Waals surface area contributed by atoms with E-state index in [9.17, 15) is 18.8 Å². The van der Waals surface area contributed by atoms with Gasteiger partial charge in [-0.05, 0) is 44.4 Å². The molecule has 8 heteroatoms. The van der Waals surface area contributed by atoms with Crippen molar-refractivity contribution in [1.82, 2.24) is 5.32 Å². The Labute approximate surface area is 176 Å². The summed E-state index contributed by atoms with van der Waals surface area (Å²) in [6.07, 6.45) is -0.679. The fraction of sp³-hybridized carbons (Fsp3) is 0.500. The summed E-state index contributed by atoms with van der Waals surface area (Å²) in [7, 11) is 0. The van der Waals surface area contributed by atoms with Crippen molar-refractivity contribution >= 4 is 18.0 Å². The zero-order valence-electron chi connectivity index (χ0n) is 18.1. The molecule has 0 aromatic heterocycles. The number of hydrogen-bond donors (Lipinski definition) is 1. The molecule has 1 N–H and O–H groups in total. The second-order valence-electron chi connectivity index (χ2n) is 8.04. The van der Waals surface area contributed by atoms with E-state index in [4.69, 9.17) is 14.2 Å². The predicted octanol–water partition coefficient (Wildman–Crippen LogP) is 3.56. The van der Waals surface area contributed by atoms with E-state index in [-0.39, 0.29) is 18.9 Å². The van der Waals surface area contributed by atoms with Crippen LogP contribution < -0.4 is 5.32 Å². The summed E-state index contributed by atoms with van der Waals surface area (Å²) in [6.45, 7) is 11.9. The lowest BCUT2D eigenvalue weighted by molar-refractivity contribution is -0.169. The normalized spacial score (nSPS) is 13.2. The first-order valence-electron chi connectivity index (χ1n) is 9.65. The monoisotopic (exact) mass is 423 g/mol. The molecule has 2 atom stereocenters. The van der Waals surface area contributed by atoms with E-state index in [1.54, 1.807) is 34.6 Å². The molecule has 0 aliphatic heterocycles. The van der Waals surface area contributed by atoms with Crippen molar-refractivity contribution in [3.05, 3.63) is 48.3 Å². The smallest absolute Gasteiger partial charge is 0.408 e. The van der Waals surface area contributed by atoms with E-state index in [1.165, 1.54) is 30.3 Å². The number of hydrogen-bond acceptors (Lipinski definition) is 6. The van der Waals surface area contributed by atoms with Crippen LogP contribution in [-0.2, 0) is 30.2 Å². The zero-order chi connectivity index (χ0) is 22.9. The molecule has 0 spiro atoms. The maximum Gasteiger partial charge on any atom is 0.408 e. The number of amides is 1. The Hall–Kier alpha value is -2.90. The maximum atomic E-state index is 13.2. The molecule has 0 saturated carbocycles. The topological polar surface area (TPSA) is 90.9 Å². The summed E-state index contributed by atoms with van der Waals surface area (Å²) in [5, 5.41) is 2.48. The number of ether oxygens (including phenoxy) is 3. The molecule has 1 rings (SSSR count). The Morgan fingerprint density at radius 1 is 1.13 bits per heavy atom. The summed E-state index contributed by atoms with van der Waals surface area (Å²) >= 11 is 0. The van der Waals surface area contributed by atoms with Gasteiger partial charge in [0.25, 0.3) is 0 Å². The molecule has 0 radical (unpaired) electrons. The lowest BCUT2D eigenvalue weighted by Crippen LogP contribution is -2.48. The van der Waals surface area contributed by atoms with Crippen LogP contribution in [0.5, 0.6) is 0 Å². The molecule has 0 bridgehead atoms. The summed E-state index contributed by atoms with van der Waals surface area (Å²) in [5.41, 5.74) is -0.166. The van der Waals surface area contributed by atoms with Gasteiger partial charge in [0, 0.05) is 6.42 Å². The SMILES string of the molecule is C=CCOC(=O)[C@H](Cc1ccc(F)cc1)OC(=O)[C@@H](NC(=O)OC(C)(C)C)C(C)C. The molecule has 1 aromatic rings. The molecule has 1 amide bonds. The molecular formula is C22H30FNO6. The number of esters is 2. The molecule has 30 heavy (non-hydrogen) atoms. The van der Waals surface area contributed by atoms with Crippen LogP contribution in [0.15, 0.2) is 36.9 Å². The van der Waals surface area contributed by atoms with Crippen molar-refractivity contribution in [2.24, 2.45) is 5.92 Å². The first kappa shape index (κ1) is 25.1. The molecule has 166 valence electrons. The van der Waals surface area contributed by atoms with Gasteiger partial charge in [0.2, 0.25) is 6.10 Å². The molecule has 1 aromatic carbocycles. The predicted molar refractivity (Wildman–Crippen MR) is 109 cm³/mol. The van der Waals surface area contributed by atoms with Gasteiger partial charge in [-0.15, -0.1) is 0 Å². The van der Waals surface area contributed by atoms with E-state index in [0.717, 1.165) is 0 Å². The number of carbonyl (C=O) groups excluding carboxylic acids is 3. The second kappa shape index (κ2) is 11.3. The number of alkyl carbamates (subject to hydrolysis) is 1. The van der Waals surface area contributed by atoms with Gasteiger partial charge in [-0.3, -0.25) is 0 Å². The van der Waals surface area contributed by atoms with Gasteiger partial charge in [-0.1, -0.05) is 38.6 Å². The fourth-order valence-corrected chi connectivity index (χ4v) is 2.39. The summed E-state index contributed by atoms with van der Waals surface area (Å²) in [5.74, 6) is -2.34. The molecular weight excluding hydrogens is 393 g/mol. The highest BCUT2D eigenvalue weighted by Gasteiger charge is 2.33. The van der Waals surface area contributed by atoms with Gasteiger partial charge in [-0.2, -0.15) is 0 Å². The summed E-state index contributed by atoms with van der Waals surface area (Å²) in [6, 6.07) is 4.41. The highest BCUT2D eigenvalue weighted by Crippen LogP contribution is 2.14. The molecule has 0 aliphatic rings. The number of carbonyl (C=O) groups is 3. The minimum Gasteiger partial charge on any atom is -0.459 e. The van der Waals surface area contributed by atoms with Crippen molar-refractivity contribution in [1.29, 1.82) is 0 Å². The van der Waals surface area contributed by atoms with Gasteiger partial charge in [0.05, 0.1) is 0 Å². The fourth-order valence-electron chi connectivity index (χ4n) is 2.39. The first-order valence-corrected chi connectivity index (χ1v) is 9.65. The van der Waals surface area contributed by atoms with Gasteiger partial charge in [-0.25, -0.2) is 18.8 Å². The molecule has 7 nitrogen and oxygen atoms in total. The third kappa shape index (κ3) is 9.07. The minimum absolute atomic E-state index is 0.0146. The maximum absolute atomic E-state index is 13.2. The average molecular weight is 423 g/mol. The first-order chi connectivity index (χ1) is 13.9. The van der Waals surface area contributed by atoms with E-state index >= 15 is 0 Å². The molecule has 0 aliphatic carbocycles. The molecule has 0 fully saturated rings. The van der Waals surface area contributed by atoms with Gasteiger partial charge in [0.1, 0.15) is 24.1 Å². The van der Waals surface area contributed by atoms with Crippen LogP contribution in [0, 0.1) is 11.7 Å². The quantitative estimate of drug-likeness (QED) is 0.371. The molecule has 0 saturated heterocycles. The number of halogens is 1. The zero-order valence-corrected chi connectivity index (χ0v) is 18.1. The van der Waals surface area contributed by atoms with Crippen LogP contribution in [0.25, 0.3) is 0 Å². The highest BCUT2D eigenvalue weighted by atomic mass is 19.1. The lowest BCUT2D eigenvalue weighted by atomic mass is 10.0. The molecule has 0 unspecified atom stereocenters. The summed E-state index contributed by atoms with van der Waals surface area (Å²) in [4.78, 5) is 37.2. The van der Waals surface area contributed by atoms with Crippen molar-refractivity contribution in [3.8, 4) is 0 Å². The van der Waals surface area contributed by atoms with E-state index < -0.39 is 41.6 Å². The van der Waals surface area contributed by atoms with Crippen molar-refractivity contribution in [3.63, 3.8) is 0 Å². The number of rotatable bonds is 9. The Kier molecular flexibility index (Phi) is 9.49. The van der Waals surface area contributed by atoms with Crippen LogP contribution in [0.2, 0.25) is 0 Å². The third-order valence-electron chi connectivity index (χ3n) is 3.79. The van der Waals surface area contributed by atoms with Crippen LogP contribution in [0.3, 0.4) is 0 Å². The van der Waals surface area contributed by atoms with Crippen LogP contribution in [-0.4, -0.2) is 42.4 Å². The van der Waals surface area contributed by atoms with Crippen LogP contribution in [0.4, 0.5) is 9.18 Å². The van der Waals surface area contributed by atoms with E-state index in [1.807, 2.05) is 0 Å². The number of benzene rings is 1. The Balaban J connectivity index is 2.95. The van der Waals surface area contributed by atoms with Crippen molar-refractivity contribution in [2.45, 2.75) is 58.8 Å². The Morgan fingerprint density at radius 2 is 1.73 bits per heavy atom. The second-order valence-corrected chi connectivity index (χ2v) is 8.04. The largest absolute Gasteiger partial charge is 0.459 e. The van der Waals surface area contributed by atoms with E-state index in [2.05, 4.69) is 11.9 Å². The van der Waals surface area contributed by atoms with Crippen LogP contribution in [0.1, 0.15) is 40.2 Å². The lowest BCUT2D eigenvalue weighted by Gasteiger charge is -2.26. The van der Waals surface area contributed by atoms with Crippen molar-refractivity contribution in [2.75, 3.05) is 6.61 Å². The highest BCUT2D eigenvalue weighted by molar-refractivity contribution is 5.85. The third-order valence-corrected chi connectivity index (χ3v) is 3.79. The van der Waals surface area contributed by atoms with Crippen molar-refractivity contribution < 1.29 is 33.0 Å². The Morgan fingerprint density at radius 3 is 2.23 bits per heavy atom. The minimum atomic E-state index is -1.27. The van der Waals surface area contributed by atoms with Gasteiger partial charge < -0.3 is 19.5 Å². The van der Waals surface area contributed by atoms with Gasteiger partial charge in [0.15, 0.2) is 0 Å². The summed E-state index contributed by atoms with van der Waals surface area (Å²) < 4.78 is 28.7. The molecule has 0 heterocycles. The Bertz CT molecular complexity index is 739. The number of nitrogens with one attached hydrogen (secondary N) is 1. The standard InChI is InChI=1S/C22H30FNO6/c1-7-12-28-19(25)17(13-15-8-10-16(23)11-9-15)29-20(26)18(14(2)3)24-21(27)30-22(4,5)6/h7-11,14,17-18H,1,12-13H2,2-6H3,(H,24,27)/t17-,18-/m0/s1. The van der Waals surface area contributed by atoms with Crippen LogP contribution >= 0.6 is 0 Å². The van der Waals surface area contributed by atoms with Gasteiger partial charge >= 0.3 is 18.0 Å².